The van der Waals surface area contributed by atoms with Gasteiger partial charge in [-0.15, -0.1) is 26.4 Å². The maximum atomic E-state index is 13.4. The zero-order chi connectivity index (χ0) is 46.3. The number of halogens is 3. The second kappa shape index (κ2) is 18.7. The summed E-state index contributed by atoms with van der Waals surface area (Å²) < 4.78 is 94.3. The molecular weight excluding hydrogens is 985 g/mol. The fourth-order valence-electron chi connectivity index (χ4n) is 7.51. The molecule has 340 valence electrons. The molecule has 0 aliphatic carbocycles. The largest absolute Gasteiger partial charge is 0.383 e. The first-order chi connectivity index (χ1) is 30.9. The normalized spacial score (nSPS) is 18.0. The second-order valence-corrected chi connectivity index (χ2v) is 22.8. The molecule has 4 aromatic carbocycles. The summed E-state index contributed by atoms with van der Waals surface area (Å²) in [7, 11) is -13.1. The average molecular weight is 1020 g/mol. The number of aromatic nitrogens is 2. The summed E-state index contributed by atoms with van der Waals surface area (Å²) in [5.41, 5.74) is 3.32. The molecule has 2 aromatic heterocycles. The van der Waals surface area contributed by atoms with Crippen LogP contribution in [0.1, 0.15) is 24.0 Å². The number of hydrogen-bond acceptors (Lipinski definition) is 14. The average Bonchev–Trinajstić information content (AvgIpc) is 4.12. The summed E-state index contributed by atoms with van der Waals surface area (Å²) in [6, 6.07) is 18.8. The summed E-state index contributed by atoms with van der Waals surface area (Å²) in [5, 5.41) is 13.8. The van der Waals surface area contributed by atoms with Crippen LogP contribution in [0.25, 0.3) is 0 Å². The Morgan fingerprint density at radius 3 is 1.78 bits per heavy atom. The van der Waals surface area contributed by atoms with Gasteiger partial charge >= 0.3 is 0 Å². The van der Waals surface area contributed by atoms with Gasteiger partial charge in [-0.3, -0.25) is 19.2 Å². The number of nitrogens with zero attached hydrogens (tertiary/aromatic N) is 6. The number of sulfonamides is 3. The van der Waals surface area contributed by atoms with Gasteiger partial charge in [-0.25, -0.2) is 22.8 Å². The third-order valence-corrected chi connectivity index (χ3v) is 18.8. The van der Waals surface area contributed by atoms with Gasteiger partial charge in [0.25, 0.3) is 36.0 Å². The van der Waals surface area contributed by atoms with Crippen LogP contribution in [0.2, 0.25) is 10.0 Å². The van der Waals surface area contributed by atoms with Gasteiger partial charge in [0.05, 0.1) is 30.8 Å². The van der Waals surface area contributed by atoms with Gasteiger partial charge < -0.3 is 14.9 Å². The van der Waals surface area contributed by atoms with E-state index >= 15 is 0 Å². The highest BCUT2D eigenvalue weighted by atomic mass is 35.5. The standard InChI is InChI=1S/C22H20Cl2N4O3S2.C19H16FN3O6S3/c23-18-11-14-5-8-27(13-15(14)12-19(18)24)20-6-9-28(21(20)29)16-1-3-17(4-2-16)33(30,31)26-22-25-7-10-32-22;20-13-1-5-15(6-2-13)31(26,27)23(19-21-10-12-30-19)32(28,29)16-7-3-14(4-8-16)22-11-9-17(24)18(22)25/h1-4,7,10-12,20H,5-6,8-9,13H2,(H,25,26);1-8,10,12,17,24H,9,11H2/t20-;17-/m01/s1. The Morgan fingerprint density at radius 1 is 0.692 bits per heavy atom. The summed E-state index contributed by atoms with van der Waals surface area (Å²) in [4.78, 5) is 37.6. The van der Waals surface area contributed by atoms with Gasteiger partial charge in [0.1, 0.15) is 11.9 Å². The highest BCUT2D eigenvalue weighted by Gasteiger charge is 2.40. The maximum absolute atomic E-state index is 13.4. The Bertz CT molecular complexity index is 3060. The molecular formula is C41H36Cl2FN7O9S5. The molecule has 3 aliphatic heterocycles. The molecule has 65 heavy (non-hydrogen) atoms. The second-order valence-electron chi connectivity index (χ2n) is 14.8. The molecule has 2 saturated heterocycles. The van der Waals surface area contributed by atoms with Crippen LogP contribution in [-0.2, 0) is 52.6 Å². The van der Waals surface area contributed by atoms with Gasteiger partial charge in [-0.1, -0.05) is 23.2 Å². The van der Waals surface area contributed by atoms with E-state index in [2.05, 4.69) is 19.6 Å². The van der Waals surface area contributed by atoms with Crippen LogP contribution in [0.4, 0.5) is 26.0 Å². The van der Waals surface area contributed by atoms with Crippen molar-refractivity contribution in [3.8, 4) is 0 Å². The number of rotatable bonds is 11. The number of aliphatic hydroxyl groups excluding tert-OH is 1. The van der Waals surface area contributed by atoms with Gasteiger partial charge in [0.2, 0.25) is 11.0 Å². The quantitative estimate of drug-likeness (QED) is 0.145. The lowest BCUT2D eigenvalue weighted by molar-refractivity contribution is -0.124. The molecule has 9 rings (SSSR count). The first-order valence-corrected chi connectivity index (χ1v) is 26.4. The monoisotopic (exact) mass is 1020 g/mol. The number of carbonyl (C=O) groups excluding carboxylic acids is 2. The Morgan fingerprint density at radius 2 is 1.23 bits per heavy atom. The lowest BCUT2D eigenvalue weighted by atomic mass is 9.98. The van der Waals surface area contributed by atoms with Gasteiger partial charge in [0, 0.05) is 67.1 Å². The third kappa shape index (κ3) is 9.63. The van der Waals surface area contributed by atoms with E-state index in [1.54, 1.807) is 22.4 Å². The first-order valence-electron chi connectivity index (χ1n) is 19.5. The minimum atomic E-state index is -4.66. The molecule has 0 bridgehead atoms. The van der Waals surface area contributed by atoms with E-state index in [0.29, 0.717) is 46.1 Å². The van der Waals surface area contributed by atoms with Crippen LogP contribution in [-0.4, -0.2) is 88.8 Å². The lowest BCUT2D eigenvalue weighted by Gasteiger charge is -2.33. The van der Waals surface area contributed by atoms with Gasteiger partial charge in [-0.2, -0.15) is 16.8 Å². The van der Waals surface area contributed by atoms with E-state index in [0.717, 1.165) is 54.1 Å². The zero-order valence-corrected chi connectivity index (χ0v) is 39.2. The number of carbonyl (C=O) groups is 2. The first kappa shape index (κ1) is 46.5. The van der Waals surface area contributed by atoms with Crippen LogP contribution in [0.15, 0.2) is 123 Å². The molecule has 3 aliphatic rings. The molecule has 0 saturated carbocycles. The summed E-state index contributed by atoms with van der Waals surface area (Å²) in [6.45, 7) is 2.28. The molecule has 0 radical (unpaired) electrons. The Labute approximate surface area is 391 Å². The maximum Gasteiger partial charge on any atom is 0.279 e. The number of thiazole rings is 2. The predicted octanol–water partition coefficient (Wildman–Crippen LogP) is 6.38. The molecule has 6 aromatic rings. The van der Waals surface area contributed by atoms with Gasteiger partial charge in [0.15, 0.2) is 5.13 Å². The predicted molar refractivity (Wildman–Crippen MR) is 245 cm³/mol. The lowest BCUT2D eigenvalue weighted by Crippen LogP contribution is -2.44. The number of anilines is 4. The summed E-state index contributed by atoms with van der Waals surface area (Å²) >= 11 is 14.3. The van der Waals surface area contributed by atoms with E-state index in [1.165, 1.54) is 76.0 Å². The van der Waals surface area contributed by atoms with Crippen molar-refractivity contribution in [1.82, 2.24) is 14.9 Å². The van der Waals surface area contributed by atoms with E-state index in [4.69, 9.17) is 23.2 Å². The van der Waals surface area contributed by atoms with Crippen molar-refractivity contribution in [2.75, 3.05) is 37.9 Å². The van der Waals surface area contributed by atoms with E-state index < -0.39 is 52.8 Å². The number of nitrogens with one attached hydrogen (secondary N) is 1. The molecule has 16 nitrogen and oxygen atoms in total. The van der Waals surface area contributed by atoms with Crippen LogP contribution in [0.5, 0.6) is 0 Å². The Balaban J connectivity index is 0.000000177. The van der Waals surface area contributed by atoms with Gasteiger partial charge in [-0.05, 0) is 109 Å². The highest BCUT2D eigenvalue weighted by molar-refractivity contribution is 8.10. The number of amides is 2. The minimum Gasteiger partial charge on any atom is -0.383 e. The number of benzene rings is 4. The van der Waals surface area contributed by atoms with Crippen LogP contribution in [0, 0.1) is 5.82 Å². The fraction of sp³-hybridized carbons (Fsp3) is 0.220. The summed E-state index contributed by atoms with van der Waals surface area (Å²) in [5.74, 6) is -1.15. The van der Waals surface area contributed by atoms with Crippen LogP contribution in [0.3, 0.4) is 0 Å². The fourth-order valence-corrected chi connectivity index (χ4v) is 14.4. The Hall–Kier alpha value is -5.04. The molecule has 24 heteroatoms. The van der Waals surface area contributed by atoms with Crippen molar-refractivity contribution in [2.45, 2.75) is 52.6 Å². The number of aliphatic hydroxyl groups is 1. The SMILES string of the molecule is O=C1[C@@H](N2CCc3cc(Cl)c(Cl)cc3C2)CCN1c1ccc(S(=O)(=O)Nc2nccs2)cc1.O=C1[C@H](O)CCN1c1ccc(S(=O)(=O)N(c2nccs2)S(=O)(=O)c2ccc(F)cc2)cc1. The number of hydrogen-bond donors (Lipinski definition) is 2. The zero-order valence-electron chi connectivity index (χ0n) is 33.6. The topological polar surface area (TPSA) is 208 Å². The molecule has 2 N–H and O–H groups in total. The van der Waals surface area contributed by atoms with Crippen molar-refractivity contribution in [3.63, 3.8) is 0 Å². The molecule has 2 amide bonds. The smallest absolute Gasteiger partial charge is 0.279 e. The van der Waals surface area contributed by atoms with Crippen LogP contribution >= 0.6 is 45.9 Å². The van der Waals surface area contributed by atoms with Crippen LogP contribution < -0.4 is 18.2 Å². The molecule has 0 spiro atoms. The highest BCUT2D eigenvalue weighted by Crippen LogP contribution is 2.35. The minimum absolute atomic E-state index is 0.0232. The van der Waals surface area contributed by atoms with Crippen molar-refractivity contribution in [2.24, 2.45) is 0 Å². The summed E-state index contributed by atoms with van der Waals surface area (Å²) in [6.07, 6.45) is 3.46. The van der Waals surface area contributed by atoms with E-state index in [9.17, 15) is 44.3 Å². The molecule has 5 heterocycles. The van der Waals surface area contributed by atoms with Crippen molar-refractivity contribution in [1.29, 1.82) is 0 Å². The molecule has 2 fully saturated rings. The van der Waals surface area contributed by atoms with Crippen molar-refractivity contribution in [3.05, 3.63) is 135 Å². The van der Waals surface area contributed by atoms with Crippen molar-refractivity contribution < 1.29 is 44.3 Å². The van der Waals surface area contributed by atoms with E-state index in [-0.39, 0.29) is 43.5 Å². The third-order valence-electron chi connectivity index (χ3n) is 10.8. The van der Waals surface area contributed by atoms with E-state index in [1.807, 2.05) is 12.1 Å². The Kier molecular flexibility index (Phi) is 13.4. The van der Waals surface area contributed by atoms with Crippen molar-refractivity contribution >= 4 is 109 Å². The number of fused-ring (bicyclic) bond motifs is 1. The molecule has 0 unspecified atom stereocenters. The molecule has 2 atom stereocenters.